The van der Waals surface area contributed by atoms with Gasteiger partial charge in [-0.25, -0.2) is 0 Å². The number of benzene rings is 3. The Balaban J connectivity index is 2.45. The van der Waals surface area contributed by atoms with Gasteiger partial charge in [-0.2, -0.15) is 0 Å². The Hall–Kier alpha value is -2.39. The standard InChI is InChI=1S/C20H17BF3OP/c22-21(23,24)20(16-25)26(17-10-4-1-5-11-17,18-12-6-2-7-13-18)19-14-8-3-9-15-19/h1-16,20H. The fourth-order valence-electron chi connectivity index (χ4n) is 3.39. The first-order chi connectivity index (χ1) is 12.5. The summed E-state index contributed by atoms with van der Waals surface area (Å²) in [6.45, 7) is -5.39. The molecule has 0 aliphatic heterocycles. The van der Waals surface area contributed by atoms with Crippen LogP contribution in [0.15, 0.2) is 91.0 Å². The Bertz CT molecular complexity index is 758. The minimum Gasteiger partial charge on any atom is -0.446 e. The molecule has 0 bridgehead atoms. The molecule has 1 nitrogen and oxygen atoms in total. The Morgan fingerprint density at radius 2 is 0.962 bits per heavy atom. The summed E-state index contributed by atoms with van der Waals surface area (Å²) in [5.41, 5.74) is -2.05. The first kappa shape index (κ1) is 18.4. The summed E-state index contributed by atoms with van der Waals surface area (Å²) in [7, 11) is -3.25. The lowest BCUT2D eigenvalue weighted by Gasteiger charge is -2.36. The van der Waals surface area contributed by atoms with Crippen LogP contribution in [0.3, 0.4) is 0 Å². The van der Waals surface area contributed by atoms with Crippen molar-refractivity contribution in [3.63, 3.8) is 0 Å². The Morgan fingerprint density at radius 3 is 1.19 bits per heavy atom. The van der Waals surface area contributed by atoms with Crippen molar-refractivity contribution in [1.82, 2.24) is 0 Å². The Kier molecular flexibility index (Phi) is 5.29. The highest BCUT2D eigenvalue weighted by atomic mass is 31.2. The van der Waals surface area contributed by atoms with Crippen molar-refractivity contribution in [2.75, 3.05) is 0 Å². The predicted octanol–water partition coefficient (Wildman–Crippen LogP) is 3.93. The molecule has 0 aromatic heterocycles. The molecule has 0 saturated heterocycles. The third kappa shape index (κ3) is 3.20. The van der Waals surface area contributed by atoms with Gasteiger partial charge >= 0.3 is 6.98 Å². The number of carbonyl (C=O) groups excluding carboxylic acids is 1. The molecule has 1 atom stereocenters. The van der Waals surface area contributed by atoms with Crippen molar-refractivity contribution in [3.8, 4) is 0 Å². The zero-order valence-corrected chi connectivity index (χ0v) is 14.8. The second-order valence-corrected chi connectivity index (χ2v) is 9.57. The lowest BCUT2D eigenvalue weighted by molar-refractivity contribution is -0.106. The third-order valence-electron chi connectivity index (χ3n) is 4.46. The van der Waals surface area contributed by atoms with Gasteiger partial charge in [0.15, 0.2) is 0 Å². The fraction of sp³-hybridized carbons (Fsp3) is 0.0500. The summed E-state index contributed by atoms with van der Waals surface area (Å²) >= 11 is 0. The Labute approximate surface area is 151 Å². The molecule has 26 heavy (non-hydrogen) atoms. The van der Waals surface area contributed by atoms with E-state index >= 15 is 0 Å². The summed E-state index contributed by atoms with van der Waals surface area (Å²) < 4.78 is 42.4. The van der Waals surface area contributed by atoms with Gasteiger partial charge in [0, 0.05) is 0 Å². The average molecular weight is 372 g/mol. The van der Waals surface area contributed by atoms with Crippen molar-refractivity contribution in [1.29, 1.82) is 0 Å². The number of hydrogen-bond acceptors (Lipinski definition) is 1. The summed E-state index contributed by atoms with van der Waals surface area (Å²) in [5.74, 6) is 0. The zero-order valence-electron chi connectivity index (χ0n) is 13.9. The topological polar surface area (TPSA) is 17.1 Å². The van der Waals surface area contributed by atoms with E-state index in [1.54, 1.807) is 91.0 Å². The average Bonchev–Trinajstić information content (AvgIpc) is 2.67. The van der Waals surface area contributed by atoms with Crippen LogP contribution in [0, 0.1) is 0 Å². The SMILES string of the molecule is O=CC([B-](F)(F)F)[P+](c1ccccc1)(c1ccccc1)c1ccccc1. The van der Waals surface area contributed by atoms with Crippen molar-refractivity contribution in [2.24, 2.45) is 0 Å². The van der Waals surface area contributed by atoms with Crippen LogP contribution in [0.5, 0.6) is 0 Å². The van der Waals surface area contributed by atoms with E-state index in [4.69, 9.17) is 0 Å². The molecule has 0 amide bonds. The van der Waals surface area contributed by atoms with Crippen LogP contribution in [0.25, 0.3) is 0 Å². The minimum absolute atomic E-state index is 0.0980. The van der Waals surface area contributed by atoms with E-state index in [0.717, 1.165) is 0 Å². The van der Waals surface area contributed by atoms with Gasteiger partial charge in [0.2, 0.25) is 0 Å². The quantitative estimate of drug-likeness (QED) is 0.364. The van der Waals surface area contributed by atoms with Crippen molar-refractivity contribution < 1.29 is 17.7 Å². The Morgan fingerprint density at radius 1 is 0.654 bits per heavy atom. The highest BCUT2D eigenvalue weighted by Gasteiger charge is 2.60. The molecule has 0 fully saturated rings. The first-order valence-corrected chi connectivity index (χ1v) is 10.1. The van der Waals surface area contributed by atoms with E-state index in [9.17, 15) is 17.7 Å². The monoisotopic (exact) mass is 372 g/mol. The number of aldehydes is 1. The van der Waals surface area contributed by atoms with Gasteiger partial charge in [-0.3, -0.25) is 0 Å². The molecule has 1 unspecified atom stereocenters. The van der Waals surface area contributed by atoms with E-state index in [1.807, 2.05) is 0 Å². The summed E-state index contributed by atoms with van der Waals surface area (Å²) in [4.78, 5) is 11.8. The maximum atomic E-state index is 14.1. The van der Waals surface area contributed by atoms with Gasteiger partial charge < -0.3 is 17.7 Å². The van der Waals surface area contributed by atoms with Crippen molar-refractivity contribution >= 4 is 36.4 Å². The van der Waals surface area contributed by atoms with Crippen molar-refractivity contribution in [3.05, 3.63) is 91.0 Å². The number of rotatable bonds is 6. The smallest absolute Gasteiger partial charge is 0.446 e. The van der Waals surface area contributed by atoms with Crippen LogP contribution in [0.1, 0.15) is 0 Å². The lowest BCUT2D eigenvalue weighted by atomic mass is 9.86. The molecule has 0 radical (unpaired) electrons. The minimum atomic E-state index is -5.39. The lowest BCUT2D eigenvalue weighted by Crippen LogP contribution is -2.49. The van der Waals surface area contributed by atoms with Crippen LogP contribution < -0.4 is 15.9 Å². The predicted molar refractivity (Wildman–Crippen MR) is 104 cm³/mol. The number of halogens is 3. The van der Waals surface area contributed by atoms with Crippen molar-refractivity contribution in [2.45, 2.75) is 5.56 Å². The molecule has 0 saturated carbocycles. The molecule has 0 heterocycles. The molecule has 3 aromatic rings. The van der Waals surface area contributed by atoms with E-state index < -0.39 is 19.8 Å². The van der Waals surface area contributed by atoms with E-state index in [1.165, 1.54) is 0 Å². The second kappa shape index (κ2) is 7.47. The molecule has 132 valence electrons. The van der Waals surface area contributed by atoms with Crippen LogP contribution in [-0.2, 0) is 4.79 Å². The van der Waals surface area contributed by atoms with Gasteiger partial charge in [0.1, 0.15) is 27.8 Å². The maximum Gasteiger partial charge on any atom is 0.526 e. The summed E-state index contributed by atoms with van der Waals surface area (Å²) in [5, 5.41) is 1.65. The molecule has 0 N–H and O–H groups in total. The molecule has 3 aromatic carbocycles. The van der Waals surface area contributed by atoms with Crippen LogP contribution in [0.2, 0.25) is 0 Å². The largest absolute Gasteiger partial charge is 0.526 e. The molecule has 0 aliphatic rings. The highest BCUT2D eigenvalue weighted by molar-refractivity contribution is 7.98. The van der Waals surface area contributed by atoms with Gasteiger partial charge in [-0.15, -0.1) is 0 Å². The van der Waals surface area contributed by atoms with Gasteiger partial charge in [0.05, 0.1) is 7.26 Å². The highest BCUT2D eigenvalue weighted by Crippen LogP contribution is 2.61. The van der Waals surface area contributed by atoms with E-state index in [0.29, 0.717) is 15.9 Å². The fourth-order valence-corrected chi connectivity index (χ4v) is 7.93. The first-order valence-electron chi connectivity index (χ1n) is 8.22. The number of carbonyl (C=O) groups is 1. The second-order valence-electron chi connectivity index (χ2n) is 5.98. The zero-order chi connectivity index (χ0) is 18.6. The molecular formula is C20H17BF3OP. The van der Waals surface area contributed by atoms with Gasteiger partial charge in [-0.05, 0) is 36.4 Å². The molecular weight excluding hydrogens is 355 g/mol. The van der Waals surface area contributed by atoms with E-state index in [2.05, 4.69) is 0 Å². The summed E-state index contributed by atoms with van der Waals surface area (Å²) in [6.07, 6.45) is 0.0980. The van der Waals surface area contributed by atoms with Crippen LogP contribution in [0.4, 0.5) is 12.9 Å². The van der Waals surface area contributed by atoms with Gasteiger partial charge in [0.25, 0.3) is 0 Å². The van der Waals surface area contributed by atoms with Crippen LogP contribution in [-0.4, -0.2) is 18.8 Å². The van der Waals surface area contributed by atoms with E-state index in [-0.39, 0.29) is 6.29 Å². The number of hydrogen-bond donors (Lipinski definition) is 0. The normalized spacial score (nSPS) is 13.2. The summed E-state index contributed by atoms with van der Waals surface area (Å²) in [6, 6.07) is 25.8. The molecule has 6 heteroatoms. The third-order valence-corrected chi connectivity index (χ3v) is 9.16. The van der Waals surface area contributed by atoms with Gasteiger partial charge in [-0.1, -0.05) is 54.6 Å². The molecule has 0 aliphatic carbocycles. The molecule has 3 rings (SSSR count). The molecule has 0 spiro atoms. The van der Waals surface area contributed by atoms with Crippen LogP contribution >= 0.6 is 7.26 Å². The maximum absolute atomic E-state index is 14.1.